The van der Waals surface area contributed by atoms with Crippen molar-refractivity contribution < 1.29 is 76.3 Å². The van der Waals surface area contributed by atoms with Gasteiger partial charge in [-0.2, -0.15) is 0 Å². The zero-order valence-electron chi connectivity index (χ0n) is 57.9. The number of anilines is 1. The molecule has 19 nitrogen and oxygen atoms in total. The van der Waals surface area contributed by atoms with Crippen molar-refractivity contribution >= 4 is 47.2 Å². The summed E-state index contributed by atoms with van der Waals surface area (Å²) in [5.41, 5.74) is 7.72. The summed E-state index contributed by atoms with van der Waals surface area (Å²) in [6.45, 7) is 13.1. The van der Waals surface area contributed by atoms with E-state index in [0.29, 0.717) is 73.1 Å². The van der Waals surface area contributed by atoms with Gasteiger partial charge in [-0.15, -0.1) is 0 Å². The predicted molar refractivity (Wildman–Crippen MR) is 380 cm³/mol. The molecule has 1 atom stereocenters. The van der Waals surface area contributed by atoms with E-state index in [1.165, 1.54) is 42.5 Å². The topological polar surface area (TPSA) is 255 Å². The molecule has 0 aromatic heterocycles. The molecule has 5 rings (SSSR count). The Labute approximate surface area is 579 Å². The standard InChI is InChI=1S/C79H104N2O17/c1-5-8-9-29-36-60(4)96-73-59-71(80)69(58-72(73)81(88)89)61-37-39-62(40-38-61)76(84)94-55-34-27-21-16-22-28-35-56-95-78(86)70-57-63(77(85)97-66-46-42-64(43-47-66)90-51-30-23-17-12-10-14-19-25-32-53-92-74(82)6-2)41-50-68(70)79(87)98-67-48-44-65(45-49-67)91-52-31-24-18-13-11-15-20-26-33-54-93-75(83)7-3/h6-7,37-50,57-60H,2-3,5,8-36,51-56,80H2,1,4H3/t60-/m0/s1. The van der Waals surface area contributed by atoms with Gasteiger partial charge in [0.15, 0.2) is 5.75 Å². The van der Waals surface area contributed by atoms with E-state index < -0.39 is 28.8 Å². The van der Waals surface area contributed by atoms with E-state index in [1.54, 1.807) is 72.8 Å². The number of hydrogen-bond acceptors (Lipinski definition) is 18. The van der Waals surface area contributed by atoms with Gasteiger partial charge in [0, 0.05) is 35.5 Å². The SMILES string of the molecule is C=CC(=O)OCCCCCCCCCCCOc1ccc(OC(=O)c2ccc(C(=O)Oc3ccc(OCCCCCCCCCCCOC(=O)C=C)cc3)c(C(=O)OCCCCCCCCCOC(=O)c3ccc(-c4cc([N+](=O)[O-])c(O[C@@H](C)CCCCCC)cc4N)cc3)c2)cc1. The van der Waals surface area contributed by atoms with Crippen molar-refractivity contribution in [1.82, 2.24) is 0 Å². The van der Waals surface area contributed by atoms with Crippen molar-refractivity contribution in [3.05, 3.63) is 161 Å². The lowest BCUT2D eigenvalue weighted by molar-refractivity contribution is -0.386. The normalized spacial score (nSPS) is 11.2. The highest BCUT2D eigenvalue weighted by Gasteiger charge is 2.25. The van der Waals surface area contributed by atoms with Crippen LogP contribution in [0.2, 0.25) is 0 Å². The van der Waals surface area contributed by atoms with E-state index in [-0.39, 0.29) is 70.9 Å². The zero-order chi connectivity index (χ0) is 70.4. The maximum atomic E-state index is 13.8. The second-order valence-corrected chi connectivity index (χ2v) is 24.6. The summed E-state index contributed by atoms with van der Waals surface area (Å²) in [6, 6.07) is 26.9. The molecule has 2 N–H and O–H groups in total. The Kier molecular flexibility index (Phi) is 38.9. The van der Waals surface area contributed by atoms with Gasteiger partial charge in [0.1, 0.15) is 23.0 Å². The molecule has 0 amide bonds. The minimum Gasteiger partial charge on any atom is -0.494 e. The lowest BCUT2D eigenvalue weighted by Gasteiger charge is -2.16. The Morgan fingerprint density at radius 2 is 0.837 bits per heavy atom. The smallest absolute Gasteiger partial charge is 0.344 e. The molecule has 98 heavy (non-hydrogen) atoms. The third-order valence-corrected chi connectivity index (χ3v) is 16.5. The molecule has 0 saturated carbocycles. The monoisotopic (exact) mass is 1350 g/mol. The van der Waals surface area contributed by atoms with Crippen LogP contribution in [0.1, 0.15) is 248 Å². The van der Waals surface area contributed by atoms with E-state index >= 15 is 0 Å². The largest absolute Gasteiger partial charge is 0.494 e. The van der Waals surface area contributed by atoms with Gasteiger partial charge in [0.05, 0.1) is 72.9 Å². The van der Waals surface area contributed by atoms with Crippen molar-refractivity contribution in [2.45, 2.75) is 213 Å². The third kappa shape index (κ3) is 31.9. The number of benzene rings is 5. The predicted octanol–water partition coefficient (Wildman–Crippen LogP) is 19.0. The van der Waals surface area contributed by atoms with Gasteiger partial charge in [0.2, 0.25) is 0 Å². The molecule has 0 heterocycles. The molecule has 19 heteroatoms. The van der Waals surface area contributed by atoms with Crippen LogP contribution in [0, 0.1) is 10.1 Å². The summed E-state index contributed by atoms with van der Waals surface area (Å²) in [7, 11) is 0. The van der Waals surface area contributed by atoms with E-state index in [1.807, 2.05) is 6.92 Å². The number of ether oxygens (including phenoxy) is 9. The maximum absolute atomic E-state index is 13.8. The molecule has 532 valence electrons. The molecule has 5 aromatic rings. The second kappa shape index (κ2) is 47.8. The number of esters is 6. The average molecular weight is 1350 g/mol. The quantitative estimate of drug-likeness (QED) is 0.00555. The van der Waals surface area contributed by atoms with E-state index in [2.05, 4.69) is 20.1 Å². The second-order valence-electron chi connectivity index (χ2n) is 24.6. The van der Waals surface area contributed by atoms with Crippen LogP contribution in [0.5, 0.6) is 28.7 Å². The van der Waals surface area contributed by atoms with Crippen molar-refractivity contribution in [2.75, 3.05) is 45.4 Å². The molecule has 5 aromatic carbocycles. The van der Waals surface area contributed by atoms with Gasteiger partial charge in [-0.05, 0) is 143 Å². The number of nitro benzene ring substituents is 1. The van der Waals surface area contributed by atoms with Crippen LogP contribution in [0.25, 0.3) is 11.1 Å². The van der Waals surface area contributed by atoms with Crippen molar-refractivity contribution in [3.63, 3.8) is 0 Å². The molecule has 0 radical (unpaired) electrons. The van der Waals surface area contributed by atoms with Crippen LogP contribution in [-0.2, 0) is 28.5 Å². The fourth-order valence-corrected chi connectivity index (χ4v) is 10.9. The van der Waals surface area contributed by atoms with Gasteiger partial charge in [-0.3, -0.25) is 10.1 Å². The Bertz CT molecular complexity index is 3220. The summed E-state index contributed by atoms with van der Waals surface area (Å²) in [6.07, 6.45) is 31.8. The first-order chi connectivity index (χ1) is 47.7. The van der Waals surface area contributed by atoms with Crippen molar-refractivity contribution in [3.8, 4) is 39.9 Å². The van der Waals surface area contributed by atoms with Gasteiger partial charge in [0.25, 0.3) is 0 Å². The van der Waals surface area contributed by atoms with E-state index in [9.17, 15) is 38.9 Å². The van der Waals surface area contributed by atoms with E-state index in [0.717, 1.165) is 180 Å². The molecule has 0 saturated heterocycles. The van der Waals surface area contributed by atoms with Crippen LogP contribution < -0.4 is 29.4 Å². The first kappa shape index (κ1) is 79.7. The Morgan fingerprint density at radius 3 is 1.29 bits per heavy atom. The minimum absolute atomic E-state index is 0.0207. The molecule has 0 aliphatic heterocycles. The molecule has 0 fully saturated rings. The number of unbranched alkanes of at least 4 members (excludes halogenated alkanes) is 25. The molecule has 0 spiro atoms. The third-order valence-electron chi connectivity index (χ3n) is 16.5. The first-order valence-corrected chi connectivity index (χ1v) is 35.5. The van der Waals surface area contributed by atoms with Crippen LogP contribution in [0.15, 0.2) is 128 Å². The van der Waals surface area contributed by atoms with E-state index in [4.69, 9.17) is 48.4 Å². The fraction of sp³-hybridized carbons (Fsp3) is 0.494. The number of nitrogen functional groups attached to an aromatic ring is 1. The van der Waals surface area contributed by atoms with Crippen LogP contribution in [0.3, 0.4) is 0 Å². The maximum Gasteiger partial charge on any atom is 0.344 e. The fourth-order valence-electron chi connectivity index (χ4n) is 10.9. The van der Waals surface area contributed by atoms with Gasteiger partial charge < -0.3 is 48.4 Å². The van der Waals surface area contributed by atoms with Gasteiger partial charge in [-0.1, -0.05) is 173 Å². The summed E-state index contributed by atoms with van der Waals surface area (Å²) < 4.78 is 50.6. The van der Waals surface area contributed by atoms with Gasteiger partial charge in [-0.25, -0.2) is 28.8 Å². The highest BCUT2D eigenvalue weighted by molar-refractivity contribution is 6.06. The summed E-state index contributed by atoms with van der Waals surface area (Å²) >= 11 is 0. The Morgan fingerprint density at radius 1 is 0.439 bits per heavy atom. The molecular weight excluding hydrogens is 1250 g/mol. The summed E-state index contributed by atoms with van der Waals surface area (Å²) in [5.74, 6) is -1.73. The van der Waals surface area contributed by atoms with Crippen LogP contribution >= 0.6 is 0 Å². The molecule has 0 aliphatic rings. The summed E-state index contributed by atoms with van der Waals surface area (Å²) in [5, 5.41) is 12.1. The first-order valence-electron chi connectivity index (χ1n) is 35.5. The highest BCUT2D eigenvalue weighted by atomic mass is 16.6. The molecule has 0 unspecified atom stereocenters. The average Bonchev–Trinajstić information content (AvgIpc) is 0.807. The molecule has 0 bridgehead atoms. The number of hydrogen-bond donors (Lipinski definition) is 1. The zero-order valence-corrected chi connectivity index (χ0v) is 57.9. The van der Waals surface area contributed by atoms with Crippen LogP contribution in [0.4, 0.5) is 11.4 Å². The van der Waals surface area contributed by atoms with Crippen molar-refractivity contribution in [2.24, 2.45) is 0 Å². The highest BCUT2D eigenvalue weighted by Crippen LogP contribution is 2.38. The molecule has 0 aliphatic carbocycles. The molecular formula is C79H104N2O17. The number of carbonyl (C=O) groups excluding carboxylic acids is 6. The number of nitrogens with two attached hydrogens (primary N) is 1. The minimum atomic E-state index is -0.822. The lowest BCUT2D eigenvalue weighted by atomic mass is 10.0. The summed E-state index contributed by atoms with van der Waals surface area (Å²) in [4.78, 5) is 88.0. The number of nitro groups is 1. The number of nitrogens with zero attached hydrogens (tertiary/aromatic N) is 1. The number of rotatable bonds is 53. The Hall–Kier alpha value is -9.00. The van der Waals surface area contributed by atoms with Crippen molar-refractivity contribution in [1.29, 1.82) is 0 Å². The Balaban J connectivity index is 1.04. The number of carbonyl (C=O) groups is 6. The lowest BCUT2D eigenvalue weighted by Crippen LogP contribution is -2.18. The van der Waals surface area contributed by atoms with Crippen LogP contribution in [-0.4, -0.2) is 86.5 Å². The van der Waals surface area contributed by atoms with Gasteiger partial charge >= 0.3 is 41.5 Å².